The van der Waals surface area contributed by atoms with Crippen molar-refractivity contribution in [1.29, 1.82) is 0 Å². The van der Waals surface area contributed by atoms with E-state index in [1.54, 1.807) is 0 Å². The molecule has 0 spiro atoms. The molecule has 3 aromatic carbocycles. The highest BCUT2D eigenvalue weighted by atomic mass is 35.5. The van der Waals surface area contributed by atoms with Gasteiger partial charge in [0, 0.05) is 59.2 Å². The van der Waals surface area contributed by atoms with Crippen LogP contribution in [0.1, 0.15) is 44.5 Å². The highest BCUT2D eigenvalue weighted by Crippen LogP contribution is 2.37. The van der Waals surface area contributed by atoms with E-state index in [0.29, 0.717) is 6.54 Å². The summed E-state index contributed by atoms with van der Waals surface area (Å²) >= 11 is 0. The van der Waals surface area contributed by atoms with Crippen molar-refractivity contribution >= 4 is 18.3 Å². The molecule has 0 bridgehead atoms. The van der Waals surface area contributed by atoms with E-state index in [9.17, 15) is 4.79 Å². The van der Waals surface area contributed by atoms with E-state index in [0.717, 1.165) is 45.6 Å². The molecule has 38 heavy (non-hydrogen) atoms. The van der Waals surface area contributed by atoms with Gasteiger partial charge in [0.25, 0.3) is 0 Å². The van der Waals surface area contributed by atoms with Gasteiger partial charge in [-0.2, -0.15) is 0 Å². The normalized spacial score (nSPS) is 17.1. The van der Waals surface area contributed by atoms with Gasteiger partial charge in [0.05, 0.1) is 0 Å². The maximum Gasteiger partial charge on any atom is 0.243 e. The van der Waals surface area contributed by atoms with Crippen LogP contribution in [0.15, 0.2) is 60.7 Å². The van der Waals surface area contributed by atoms with Crippen molar-refractivity contribution in [2.24, 2.45) is 0 Å². The second-order valence-corrected chi connectivity index (χ2v) is 11.6. The lowest BCUT2D eigenvalue weighted by atomic mass is 9.90. The van der Waals surface area contributed by atoms with E-state index >= 15 is 0 Å². The van der Waals surface area contributed by atoms with E-state index < -0.39 is 5.54 Å². The fraction of sp³-hybridized carbons (Fsp3) is 0.424. The van der Waals surface area contributed by atoms with Crippen molar-refractivity contribution in [2.75, 3.05) is 33.2 Å². The smallest absolute Gasteiger partial charge is 0.243 e. The van der Waals surface area contributed by atoms with E-state index in [2.05, 4.69) is 98.2 Å². The Morgan fingerprint density at radius 1 is 0.763 bits per heavy atom. The quantitative estimate of drug-likeness (QED) is 0.411. The average Bonchev–Trinajstić information content (AvgIpc) is 3.23. The first-order valence-electron chi connectivity index (χ1n) is 13.7. The number of piperazine rings is 1. The summed E-state index contributed by atoms with van der Waals surface area (Å²) in [4.78, 5) is 21.4. The summed E-state index contributed by atoms with van der Waals surface area (Å²) in [5.74, 6) is 0.255. The van der Waals surface area contributed by atoms with Gasteiger partial charge in [-0.25, -0.2) is 0 Å². The second-order valence-electron chi connectivity index (χ2n) is 11.6. The average molecular weight is 532 g/mol. The number of aryl methyl sites for hydroxylation is 4. The fourth-order valence-electron chi connectivity index (χ4n) is 6.72. The number of nitrogens with zero attached hydrogens (tertiary/aromatic N) is 3. The van der Waals surface area contributed by atoms with Gasteiger partial charge in [-0.3, -0.25) is 14.6 Å². The third-order valence-electron chi connectivity index (χ3n) is 8.20. The highest BCUT2D eigenvalue weighted by Gasteiger charge is 2.50. The van der Waals surface area contributed by atoms with E-state index in [1.165, 1.54) is 44.5 Å². The third-order valence-corrected chi connectivity index (χ3v) is 8.20. The molecule has 4 nitrogen and oxygen atoms in total. The zero-order valence-electron chi connectivity index (χ0n) is 23.6. The van der Waals surface area contributed by atoms with Crippen LogP contribution in [0.25, 0.3) is 0 Å². The number of hydrogen-bond donors (Lipinski definition) is 0. The molecule has 0 unspecified atom stereocenters. The van der Waals surface area contributed by atoms with Crippen LogP contribution < -0.4 is 0 Å². The van der Waals surface area contributed by atoms with Gasteiger partial charge in [0.1, 0.15) is 5.54 Å². The van der Waals surface area contributed by atoms with Crippen LogP contribution >= 0.6 is 12.4 Å². The number of likely N-dealkylation sites (N-methyl/N-ethyl adjacent to an activating group) is 1. The molecular formula is C33H42ClN3O. The van der Waals surface area contributed by atoms with Gasteiger partial charge in [-0.05, 0) is 49.9 Å². The summed E-state index contributed by atoms with van der Waals surface area (Å²) in [5.41, 5.74) is 9.90. The molecule has 5 rings (SSSR count). The van der Waals surface area contributed by atoms with Crippen LogP contribution in [0, 0.1) is 27.7 Å². The van der Waals surface area contributed by atoms with Crippen LogP contribution in [-0.4, -0.2) is 59.4 Å². The largest absolute Gasteiger partial charge is 0.340 e. The summed E-state index contributed by atoms with van der Waals surface area (Å²) < 4.78 is 0. The van der Waals surface area contributed by atoms with E-state index in [-0.39, 0.29) is 18.3 Å². The maximum atomic E-state index is 14.3. The molecule has 5 heteroatoms. The predicted molar refractivity (Wildman–Crippen MR) is 159 cm³/mol. The summed E-state index contributed by atoms with van der Waals surface area (Å²) in [7, 11) is 1.99. The standard InChI is InChI=1S/C33H41N3O.ClH/c1-24-14-25(2)17-28(16-24)22-34(5)32(37)33(20-30-8-6-7-9-31(30)21-33)36-12-10-35(11-13-36)23-29-18-26(3)15-27(4)19-29;/h6-9,14-19H,10-13,20-23H2,1-5H3;1H. The van der Waals surface area contributed by atoms with Crippen LogP contribution in [0.5, 0.6) is 0 Å². The number of amides is 1. The molecule has 1 fully saturated rings. The Hall–Kier alpha value is -2.66. The summed E-state index contributed by atoms with van der Waals surface area (Å²) in [6.07, 6.45) is 1.60. The minimum atomic E-state index is -0.497. The van der Waals surface area contributed by atoms with Gasteiger partial charge >= 0.3 is 0 Å². The minimum absolute atomic E-state index is 0. The first-order valence-corrected chi connectivity index (χ1v) is 13.7. The van der Waals surface area contributed by atoms with Gasteiger partial charge in [0.2, 0.25) is 5.91 Å². The molecule has 202 valence electrons. The molecule has 0 saturated carbocycles. The summed E-state index contributed by atoms with van der Waals surface area (Å²) in [6.45, 7) is 14.0. The minimum Gasteiger partial charge on any atom is -0.340 e. The lowest BCUT2D eigenvalue weighted by molar-refractivity contribution is -0.145. The molecule has 1 aliphatic heterocycles. The van der Waals surface area contributed by atoms with E-state index in [4.69, 9.17) is 0 Å². The van der Waals surface area contributed by atoms with Crippen LogP contribution in [-0.2, 0) is 30.7 Å². The lowest BCUT2D eigenvalue weighted by Gasteiger charge is -2.46. The van der Waals surface area contributed by atoms with E-state index in [1.807, 2.05) is 11.9 Å². The molecule has 1 saturated heterocycles. The number of rotatable bonds is 6. The van der Waals surface area contributed by atoms with Crippen molar-refractivity contribution in [3.63, 3.8) is 0 Å². The molecular weight excluding hydrogens is 490 g/mol. The zero-order valence-corrected chi connectivity index (χ0v) is 24.4. The monoisotopic (exact) mass is 531 g/mol. The maximum absolute atomic E-state index is 14.3. The first-order chi connectivity index (χ1) is 17.7. The molecule has 2 aliphatic rings. The van der Waals surface area contributed by atoms with Crippen LogP contribution in [0.4, 0.5) is 0 Å². The molecule has 1 amide bonds. The number of fused-ring (bicyclic) bond motifs is 1. The molecule has 3 aromatic rings. The Morgan fingerprint density at radius 3 is 1.74 bits per heavy atom. The lowest BCUT2D eigenvalue weighted by Crippen LogP contribution is -2.64. The van der Waals surface area contributed by atoms with Crippen molar-refractivity contribution in [1.82, 2.24) is 14.7 Å². The van der Waals surface area contributed by atoms with Gasteiger partial charge in [-0.15, -0.1) is 12.4 Å². The van der Waals surface area contributed by atoms with Crippen molar-refractivity contribution in [2.45, 2.75) is 59.2 Å². The molecule has 1 aliphatic carbocycles. The number of hydrogen-bond acceptors (Lipinski definition) is 3. The Bertz CT molecular complexity index is 1230. The third kappa shape index (κ3) is 5.98. The number of halogens is 1. The Kier molecular flexibility index (Phi) is 8.66. The Morgan fingerprint density at radius 2 is 1.24 bits per heavy atom. The highest BCUT2D eigenvalue weighted by molar-refractivity contribution is 5.88. The molecule has 0 aromatic heterocycles. The summed E-state index contributed by atoms with van der Waals surface area (Å²) in [5, 5.41) is 0. The van der Waals surface area contributed by atoms with Crippen molar-refractivity contribution in [3.8, 4) is 0 Å². The van der Waals surface area contributed by atoms with Crippen LogP contribution in [0.2, 0.25) is 0 Å². The number of carbonyl (C=O) groups excluding carboxylic acids is 1. The SMILES string of the molecule is Cc1cc(C)cc(CN2CCN(C3(C(=O)N(C)Cc4cc(C)cc(C)c4)Cc4ccccc4C3)CC2)c1.Cl. The van der Waals surface area contributed by atoms with Crippen LogP contribution in [0.3, 0.4) is 0 Å². The second kappa shape index (κ2) is 11.6. The van der Waals surface area contributed by atoms with Crippen molar-refractivity contribution in [3.05, 3.63) is 105 Å². The van der Waals surface area contributed by atoms with Gasteiger partial charge in [-0.1, -0.05) is 82.9 Å². The molecule has 1 heterocycles. The van der Waals surface area contributed by atoms with Gasteiger partial charge in [0.15, 0.2) is 0 Å². The molecule has 0 N–H and O–H groups in total. The topological polar surface area (TPSA) is 26.8 Å². The number of benzene rings is 3. The fourth-order valence-corrected chi connectivity index (χ4v) is 6.72. The Balaban J connectivity index is 0.00000336. The Labute approximate surface area is 235 Å². The molecule has 0 radical (unpaired) electrons. The summed E-state index contributed by atoms with van der Waals surface area (Å²) in [6, 6.07) is 22.1. The predicted octanol–water partition coefficient (Wildman–Crippen LogP) is 5.66. The van der Waals surface area contributed by atoms with Gasteiger partial charge < -0.3 is 4.90 Å². The number of carbonyl (C=O) groups is 1. The molecule has 0 atom stereocenters. The zero-order chi connectivity index (χ0) is 26.2. The first kappa shape index (κ1) is 28.4. The van der Waals surface area contributed by atoms with Crippen molar-refractivity contribution < 1.29 is 4.79 Å².